The summed E-state index contributed by atoms with van der Waals surface area (Å²) in [6.07, 6.45) is -23.9. The summed E-state index contributed by atoms with van der Waals surface area (Å²) in [5.41, 5.74) is 0. The molecule has 10 nitrogen and oxygen atoms in total. The van der Waals surface area contributed by atoms with Crippen LogP contribution in [0.2, 0.25) is 0 Å². The first-order valence-electron chi connectivity index (χ1n) is 7.61. The van der Waals surface area contributed by atoms with Gasteiger partial charge in [0, 0.05) is 0 Å². The predicted octanol–water partition coefficient (Wildman–Crippen LogP) is -17.0. The largest absolute Gasteiger partial charge is 1.00 e. The molecule has 0 aromatic rings. The van der Waals surface area contributed by atoms with Crippen LogP contribution in [-0.2, 0) is 88.0 Å². The third kappa shape index (κ3) is 46.2. The van der Waals surface area contributed by atoms with Crippen LogP contribution in [0, 0.1) is 0 Å². The summed E-state index contributed by atoms with van der Waals surface area (Å²) >= 11 is 10.9. The van der Waals surface area contributed by atoms with Gasteiger partial charge in [-0.2, -0.15) is 89.5 Å². The molecule has 0 aromatic heterocycles. The number of nitrogens with one attached hydrogen (secondary N) is 5. The van der Waals surface area contributed by atoms with Crippen LogP contribution in [0.1, 0.15) is 0 Å². The van der Waals surface area contributed by atoms with Crippen molar-refractivity contribution in [3.8, 4) is 0 Å². The molecule has 5 N–H and O–H groups in total. The number of carbonyl (C=O) groups is 5. The lowest BCUT2D eigenvalue weighted by molar-refractivity contribution is -0.171. The van der Waals surface area contributed by atoms with Crippen molar-refractivity contribution in [3.05, 3.63) is 0 Å². The third-order valence-electron chi connectivity index (χ3n) is 1.85. The van der Waals surface area contributed by atoms with Gasteiger partial charge < -0.3 is 23.5 Å². The molecular weight excluding hydrogens is 810 g/mol. The second kappa shape index (κ2) is 30.4. The molecule has 0 unspecified atom stereocenters. The van der Waals surface area contributed by atoms with Gasteiger partial charge in [-0.3, -0.25) is 24.0 Å². The number of amides is 5. The van der Waals surface area contributed by atoms with Crippen LogP contribution in [0.3, 0.4) is 0 Å². The molecule has 0 aliphatic carbocycles. The number of rotatable bonds is 0. The van der Waals surface area contributed by atoms with E-state index in [2.05, 4.69) is 64.1 Å². The van der Waals surface area contributed by atoms with E-state index in [0.717, 1.165) is 0 Å². The maximum absolute atomic E-state index is 11.0. The van der Waals surface area contributed by atoms with Crippen LogP contribution in [0.4, 0.5) is 65.9 Å². The summed E-state index contributed by atoms with van der Waals surface area (Å²) in [6.45, 7) is 0. The molecular formula is C10H15F20N5O5S5. The first kappa shape index (κ1) is 69.4. The van der Waals surface area contributed by atoms with Crippen LogP contribution < -0.4 is 47.1 Å². The number of hydrogen-bond donors (Lipinski definition) is 5. The Morgan fingerprint density at radius 1 is 0.289 bits per heavy atom. The summed E-state index contributed by atoms with van der Waals surface area (Å²) in [7, 11) is 0. The summed E-state index contributed by atoms with van der Waals surface area (Å²) in [5.74, 6) is -10.0. The molecule has 0 heterocycles. The van der Waals surface area contributed by atoms with E-state index in [-0.39, 0.29) is 23.5 Å². The molecule has 0 aromatic carbocycles. The summed E-state index contributed by atoms with van der Waals surface area (Å²) in [5, 5.41) is 0. The molecule has 0 saturated carbocycles. The molecule has 0 aliphatic rings. The normalized spacial score (nSPS) is 9.78. The van der Waals surface area contributed by atoms with Crippen LogP contribution >= 0.6 is 0 Å². The van der Waals surface area contributed by atoms with E-state index in [1.54, 1.807) is 0 Å². The van der Waals surface area contributed by atoms with E-state index in [4.69, 9.17) is 0 Å². The lowest BCUT2D eigenvalue weighted by Gasteiger charge is -1.97. The summed E-state index contributed by atoms with van der Waals surface area (Å²) < 4.78 is 171. The van der Waals surface area contributed by atoms with Crippen molar-refractivity contribution in [2.75, 3.05) is 0 Å². The zero-order valence-corrected chi connectivity index (χ0v) is 24.6. The second-order valence-corrected chi connectivity index (χ2v) is 6.01. The number of alkyl halides is 15. The molecule has 5 amide bonds. The van der Waals surface area contributed by atoms with Crippen LogP contribution in [0.25, 0.3) is 0 Å². The van der Waals surface area contributed by atoms with E-state index >= 15 is 0 Å². The van der Waals surface area contributed by atoms with Crippen LogP contribution in [-0.4, -0.2) is 60.4 Å². The highest BCUT2D eigenvalue weighted by Crippen LogP contribution is 2.15. The van der Waals surface area contributed by atoms with Crippen LogP contribution in [0.15, 0.2) is 0 Å². The van der Waals surface area contributed by atoms with Gasteiger partial charge in [0.05, 0.1) is 64.1 Å². The summed E-state index contributed by atoms with van der Waals surface area (Å²) in [6, 6.07) is 0. The minimum Gasteiger partial charge on any atom is -1.00 e. The van der Waals surface area contributed by atoms with Gasteiger partial charge in [-0.05, 0) is 0 Å². The average Bonchev–Trinajstić information content (AvgIpc) is 2.79. The SMILES string of the molecule is O=C(N[SH2+])C(F)(F)F.O=C(N[SH2+])C(F)(F)F.O=C(N[SH2+])C(F)(F)F.O=C(N[SH2+])C(F)(F)F.O=C(N[SH2+])C(F)(F)F.[F-].[F-].[F-].[F-].[F-]. The smallest absolute Gasteiger partial charge is 0.475 e. The Kier molecular flexibility index (Phi) is 46.8. The van der Waals surface area contributed by atoms with Crippen molar-refractivity contribution in [3.63, 3.8) is 0 Å². The molecule has 0 bridgehead atoms. The van der Waals surface area contributed by atoms with Gasteiger partial charge in [-0.15, -0.1) is 0 Å². The zero-order chi connectivity index (χ0) is 33.9. The van der Waals surface area contributed by atoms with Crippen molar-refractivity contribution < 1.29 is 113 Å². The Balaban J connectivity index is -0.0000000414. The van der Waals surface area contributed by atoms with Gasteiger partial charge in [0.25, 0.3) is 0 Å². The molecule has 35 heteroatoms. The zero-order valence-electron chi connectivity index (χ0n) is 19.6. The molecule has 0 spiro atoms. The van der Waals surface area contributed by atoms with Crippen molar-refractivity contribution in [1.82, 2.24) is 23.6 Å². The Morgan fingerprint density at radius 2 is 0.356 bits per heavy atom. The highest BCUT2D eigenvalue weighted by Gasteiger charge is 2.41. The van der Waals surface area contributed by atoms with Gasteiger partial charge in [-0.25, -0.2) is 0 Å². The molecule has 0 fully saturated rings. The lowest BCUT2D eigenvalue weighted by atomic mass is 10.6. The Bertz CT molecular complexity index is 657. The molecule has 280 valence electrons. The fourth-order valence-electron chi connectivity index (χ4n) is 0.354. The Morgan fingerprint density at radius 3 is 0.356 bits per heavy atom. The first-order chi connectivity index (χ1) is 17.4. The standard InChI is InChI=1S/5C2H2F3NOS.5FH/c5*3-2(4,5)1(7)6-8;;;;;/h5*8H,(H,6,7);5*1H. The minimum atomic E-state index is -4.79. The van der Waals surface area contributed by atoms with Crippen molar-refractivity contribution >= 4 is 93.6 Å². The van der Waals surface area contributed by atoms with E-state index in [1.807, 2.05) is 0 Å². The van der Waals surface area contributed by atoms with E-state index in [9.17, 15) is 89.8 Å². The van der Waals surface area contributed by atoms with Gasteiger partial charge in [-0.1, -0.05) is 0 Å². The molecule has 0 radical (unpaired) electrons. The third-order valence-corrected chi connectivity index (χ3v) is 2.99. The average molecular weight is 826 g/mol. The number of halogens is 20. The Hall–Kier alpha value is -2.30. The second-order valence-electron chi connectivity index (χ2n) is 4.76. The van der Waals surface area contributed by atoms with Crippen molar-refractivity contribution in [2.24, 2.45) is 0 Å². The van der Waals surface area contributed by atoms with Crippen LogP contribution in [0.5, 0.6) is 0 Å². The predicted molar refractivity (Wildman–Crippen MR) is 122 cm³/mol. The van der Waals surface area contributed by atoms with Gasteiger partial charge >= 0.3 is 60.4 Å². The molecule has 0 rings (SSSR count). The summed E-state index contributed by atoms with van der Waals surface area (Å²) in [4.78, 5) is 47.7. The maximum atomic E-state index is 11.0. The highest BCUT2D eigenvalue weighted by atomic mass is 32.1. The van der Waals surface area contributed by atoms with E-state index in [1.165, 1.54) is 23.6 Å². The Labute approximate surface area is 261 Å². The topological polar surface area (TPSA) is 146 Å². The van der Waals surface area contributed by atoms with E-state index in [0.29, 0.717) is 0 Å². The quantitative estimate of drug-likeness (QED) is 0.122. The molecule has 45 heavy (non-hydrogen) atoms. The van der Waals surface area contributed by atoms with Gasteiger partial charge in [0.1, 0.15) is 0 Å². The lowest BCUT2D eigenvalue weighted by Crippen LogP contribution is -3.00. The first-order valence-corrected chi connectivity index (χ1v) is 10.1. The van der Waals surface area contributed by atoms with Crippen molar-refractivity contribution in [1.29, 1.82) is 0 Å². The molecule has 0 atom stereocenters. The molecule has 0 saturated heterocycles. The number of carbonyl (C=O) groups excluding carboxylic acids is 5. The minimum absolute atomic E-state index is 0. The number of hydrogen-bond acceptors (Lipinski definition) is 5. The molecule has 0 aliphatic heterocycles. The van der Waals surface area contributed by atoms with E-state index < -0.39 is 60.4 Å². The van der Waals surface area contributed by atoms with Crippen molar-refractivity contribution in [2.45, 2.75) is 30.9 Å². The van der Waals surface area contributed by atoms with Gasteiger partial charge in [0.15, 0.2) is 0 Å². The maximum Gasteiger partial charge on any atom is 0.475 e. The van der Waals surface area contributed by atoms with Gasteiger partial charge in [0.2, 0.25) is 0 Å². The fraction of sp³-hybridized carbons (Fsp3) is 0.500. The monoisotopic (exact) mass is 825 g/mol. The highest BCUT2D eigenvalue weighted by molar-refractivity contribution is 7.57. The fourth-order valence-corrected chi connectivity index (χ4v) is 1.06.